The molecule has 0 N–H and O–H groups in total. The number of rotatable bonds is 3. The van der Waals surface area contributed by atoms with E-state index in [1.54, 1.807) is 0 Å². The van der Waals surface area contributed by atoms with E-state index in [1.807, 2.05) is 6.92 Å². The molecule has 1 aromatic carbocycles. The molecule has 0 saturated heterocycles. The van der Waals surface area contributed by atoms with Gasteiger partial charge in [-0.15, -0.1) is 5.92 Å². The van der Waals surface area contributed by atoms with Crippen molar-refractivity contribution in [3.8, 4) is 11.8 Å². The molecule has 0 aromatic heterocycles. The second-order valence-electron chi connectivity index (χ2n) is 7.93. The summed E-state index contributed by atoms with van der Waals surface area (Å²) in [5.41, 5.74) is 8.05. The minimum Gasteiger partial charge on any atom is -0.101 e. The summed E-state index contributed by atoms with van der Waals surface area (Å²) in [5, 5.41) is 0. The maximum Gasteiger partial charge on any atom is 0.0248 e. The Morgan fingerprint density at radius 2 is 1.83 bits per heavy atom. The van der Waals surface area contributed by atoms with Crippen molar-refractivity contribution in [2.45, 2.75) is 67.2 Å². The molecule has 0 heterocycles. The fourth-order valence-electron chi connectivity index (χ4n) is 3.99. The van der Waals surface area contributed by atoms with Crippen LogP contribution in [0.15, 0.2) is 35.9 Å². The van der Waals surface area contributed by atoms with E-state index >= 15 is 0 Å². The monoisotopic (exact) mass is 320 g/mol. The molecule has 1 aliphatic rings. The quantitative estimate of drug-likeness (QED) is 0.418. The molecule has 128 valence electrons. The maximum absolute atomic E-state index is 4.31. The topological polar surface area (TPSA) is 0 Å². The highest BCUT2D eigenvalue weighted by molar-refractivity contribution is 5.82. The average molecular weight is 321 g/mol. The Hall–Kier alpha value is -1.74. The SMILES string of the molecule is C=C(C)/C(=C(/C)C1(C)CCC(C)CC1)c1ccc(C#CC)cc1C. The van der Waals surface area contributed by atoms with Crippen LogP contribution < -0.4 is 0 Å². The molecule has 0 spiro atoms. The van der Waals surface area contributed by atoms with E-state index in [0.29, 0.717) is 5.41 Å². The van der Waals surface area contributed by atoms with Crippen molar-refractivity contribution in [2.75, 3.05) is 0 Å². The lowest BCUT2D eigenvalue weighted by Gasteiger charge is -2.39. The molecular formula is C24H32. The lowest BCUT2D eigenvalue weighted by atomic mass is 9.66. The average Bonchev–Trinajstić information content (AvgIpc) is 2.52. The normalized spacial score (nSPS) is 24.7. The Bertz CT molecular complexity index is 710. The lowest BCUT2D eigenvalue weighted by Crippen LogP contribution is -2.25. The van der Waals surface area contributed by atoms with Gasteiger partial charge in [-0.25, -0.2) is 0 Å². The van der Waals surface area contributed by atoms with Gasteiger partial charge in [0.2, 0.25) is 0 Å². The fourth-order valence-corrected chi connectivity index (χ4v) is 3.99. The van der Waals surface area contributed by atoms with Gasteiger partial charge in [0.05, 0.1) is 0 Å². The molecule has 0 heteroatoms. The lowest BCUT2D eigenvalue weighted by molar-refractivity contribution is 0.220. The first-order valence-electron chi connectivity index (χ1n) is 9.19. The molecule has 0 radical (unpaired) electrons. The van der Waals surface area contributed by atoms with Crippen LogP contribution in [0, 0.1) is 30.1 Å². The molecule has 0 bridgehead atoms. The Balaban J connectivity index is 2.52. The third-order valence-electron chi connectivity index (χ3n) is 5.85. The predicted molar refractivity (Wildman–Crippen MR) is 107 cm³/mol. The number of benzene rings is 1. The van der Waals surface area contributed by atoms with E-state index in [4.69, 9.17) is 0 Å². The van der Waals surface area contributed by atoms with Crippen molar-refractivity contribution in [3.05, 3.63) is 52.6 Å². The van der Waals surface area contributed by atoms with Crippen LogP contribution in [0.3, 0.4) is 0 Å². The first kappa shape index (κ1) is 18.6. The first-order chi connectivity index (χ1) is 11.3. The molecule has 0 atom stereocenters. The molecule has 0 aliphatic heterocycles. The molecule has 0 amide bonds. The number of allylic oxidation sites excluding steroid dienone is 3. The highest BCUT2D eigenvalue weighted by atomic mass is 14.4. The second kappa shape index (κ2) is 7.43. The van der Waals surface area contributed by atoms with Gasteiger partial charge in [0, 0.05) is 5.56 Å². The van der Waals surface area contributed by atoms with Crippen molar-refractivity contribution in [2.24, 2.45) is 11.3 Å². The largest absolute Gasteiger partial charge is 0.101 e. The van der Waals surface area contributed by atoms with Gasteiger partial charge in [-0.3, -0.25) is 0 Å². The molecule has 24 heavy (non-hydrogen) atoms. The zero-order valence-electron chi connectivity index (χ0n) is 16.3. The zero-order valence-corrected chi connectivity index (χ0v) is 16.3. The molecule has 0 nitrogen and oxygen atoms in total. The van der Waals surface area contributed by atoms with E-state index in [1.165, 1.54) is 53.5 Å². The highest BCUT2D eigenvalue weighted by Crippen LogP contribution is 2.47. The fraction of sp³-hybridized carbons (Fsp3) is 0.500. The Morgan fingerprint density at radius 1 is 1.21 bits per heavy atom. The summed E-state index contributed by atoms with van der Waals surface area (Å²) in [7, 11) is 0. The van der Waals surface area contributed by atoms with Crippen molar-refractivity contribution < 1.29 is 0 Å². The van der Waals surface area contributed by atoms with Gasteiger partial charge in [0.15, 0.2) is 0 Å². The van der Waals surface area contributed by atoms with E-state index in [2.05, 4.69) is 71.2 Å². The van der Waals surface area contributed by atoms with Crippen LogP contribution in [0.4, 0.5) is 0 Å². The van der Waals surface area contributed by atoms with Crippen molar-refractivity contribution in [1.82, 2.24) is 0 Å². The summed E-state index contributed by atoms with van der Waals surface area (Å²) < 4.78 is 0. The summed E-state index contributed by atoms with van der Waals surface area (Å²) in [6, 6.07) is 6.57. The van der Waals surface area contributed by atoms with Gasteiger partial charge >= 0.3 is 0 Å². The van der Waals surface area contributed by atoms with Gasteiger partial charge in [0.25, 0.3) is 0 Å². The van der Waals surface area contributed by atoms with E-state index in [-0.39, 0.29) is 0 Å². The van der Waals surface area contributed by atoms with Crippen LogP contribution in [0.1, 0.15) is 77.0 Å². The Labute approximate surface area is 149 Å². The molecule has 2 rings (SSSR count). The molecule has 0 unspecified atom stereocenters. The van der Waals surface area contributed by atoms with Gasteiger partial charge in [-0.1, -0.05) is 43.6 Å². The highest BCUT2D eigenvalue weighted by Gasteiger charge is 2.33. The molecule has 1 saturated carbocycles. The van der Waals surface area contributed by atoms with Crippen LogP contribution >= 0.6 is 0 Å². The van der Waals surface area contributed by atoms with Crippen molar-refractivity contribution in [1.29, 1.82) is 0 Å². The zero-order chi connectivity index (χ0) is 17.9. The maximum atomic E-state index is 4.31. The van der Waals surface area contributed by atoms with Gasteiger partial charge < -0.3 is 0 Å². The number of hydrogen-bond acceptors (Lipinski definition) is 0. The van der Waals surface area contributed by atoms with E-state index in [9.17, 15) is 0 Å². The summed E-state index contributed by atoms with van der Waals surface area (Å²) in [6.45, 7) is 17.7. The van der Waals surface area contributed by atoms with Crippen LogP contribution in [0.2, 0.25) is 0 Å². The van der Waals surface area contributed by atoms with Crippen LogP contribution in [-0.2, 0) is 0 Å². The predicted octanol–water partition coefficient (Wildman–Crippen LogP) is 6.93. The second-order valence-corrected chi connectivity index (χ2v) is 7.93. The van der Waals surface area contributed by atoms with E-state index in [0.717, 1.165) is 11.5 Å². The number of aryl methyl sites for hydroxylation is 1. The van der Waals surface area contributed by atoms with Crippen molar-refractivity contribution >= 4 is 5.57 Å². The van der Waals surface area contributed by atoms with E-state index < -0.39 is 0 Å². The minimum absolute atomic E-state index is 0.301. The van der Waals surface area contributed by atoms with Crippen molar-refractivity contribution in [3.63, 3.8) is 0 Å². The Kier molecular flexibility index (Phi) is 5.76. The van der Waals surface area contributed by atoms with Crippen LogP contribution in [-0.4, -0.2) is 0 Å². The molecule has 1 fully saturated rings. The minimum atomic E-state index is 0.301. The van der Waals surface area contributed by atoms with Gasteiger partial charge in [0.1, 0.15) is 0 Å². The summed E-state index contributed by atoms with van der Waals surface area (Å²) in [4.78, 5) is 0. The third-order valence-corrected chi connectivity index (χ3v) is 5.85. The molecule has 1 aliphatic carbocycles. The van der Waals surface area contributed by atoms with Crippen LogP contribution in [0.25, 0.3) is 5.57 Å². The van der Waals surface area contributed by atoms with Gasteiger partial charge in [-0.2, -0.15) is 0 Å². The number of hydrogen-bond donors (Lipinski definition) is 0. The standard InChI is InChI=1S/C24H32/c1-8-9-21-10-11-22(19(5)16-21)23(17(2)3)20(6)24(7)14-12-18(4)13-15-24/h10-11,16,18H,2,12-15H2,1,3-7H3/b23-20+. The van der Waals surface area contributed by atoms with Crippen LogP contribution in [0.5, 0.6) is 0 Å². The Morgan fingerprint density at radius 3 is 2.33 bits per heavy atom. The molecule has 1 aromatic rings. The van der Waals surface area contributed by atoms with Gasteiger partial charge in [-0.05, 0) is 93.5 Å². The molecular weight excluding hydrogens is 288 g/mol. The summed E-state index contributed by atoms with van der Waals surface area (Å²) in [6.07, 6.45) is 5.24. The first-order valence-corrected chi connectivity index (χ1v) is 9.19. The summed E-state index contributed by atoms with van der Waals surface area (Å²) in [5.74, 6) is 7.02. The third kappa shape index (κ3) is 3.84. The summed E-state index contributed by atoms with van der Waals surface area (Å²) >= 11 is 0. The smallest absolute Gasteiger partial charge is 0.0248 e.